The van der Waals surface area contributed by atoms with Gasteiger partial charge < -0.3 is 14.7 Å². The number of rotatable bonds is 5. The number of aromatic hydroxyl groups is 1. The van der Waals surface area contributed by atoms with Crippen LogP contribution in [-0.4, -0.2) is 29.6 Å². The van der Waals surface area contributed by atoms with E-state index >= 15 is 0 Å². The number of phenols is 1. The van der Waals surface area contributed by atoms with E-state index in [0.717, 1.165) is 0 Å². The summed E-state index contributed by atoms with van der Waals surface area (Å²) < 4.78 is 5.33. The van der Waals surface area contributed by atoms with E-state index in [4.69, 9.17) is 4.74 Å². The Morgan fingerprint density at radius 3 is 2.75 bits per heavy atom. The van der Waals surface area contributed by atoms with Gasteiger partial charge in [0.1, 0.15) is 0 Å². The van der Waals surface area contributed by atoms with Gasteiger partial charge in [-0.25, -0.2) is 0 Å². The molecule has 20 heavy (non-hydrogen) atoms. The fraction of sp³-hybridized carbons (Fsp3) is 0.267. The van der Waals surface area contributed by atoms with Crippen molar-refractivity contribution in [1.29, 1.82) is 0 Å². The van der Waals surface area contributed by atoms with Crippen LogP contribution in [0, 0.1) is 6.92 Å². The minimum atomic E-state index is -0.124. The van der Waals surface area contributed by atoms with Gasteiger partial charge >= 0.3 is 0 Å². The zero-order valence-corrected chi connectivity index (χ0v) is 12.3. The molecule has 0 bridgehead atoms. The van der Waals surface area contributed by atoms with E-state index in [1.165, 1.54) is 16.5 Å². The number of hydrogen-bond donors (Lipinski definition) is 1. The second kappa shape index (κ2) is 6.43. The van der Waals surface area contributed by atoms with Gasteiger partial charge in [-0.2, -0.15) is 0 Å². The molecule has 0 aliphatic rings. The maximum atomic E-state index is 12.0. The monoisotopic (exact) mass is 291 g/mol. The van der Waals surface area contributed by atoms with Crippen molar-refractivity contribution in [3.8, 4) is 11.5 Å². The van der Waals surface area contributed by atoms with E-state index in [-0.39, 0.29) is 18.3 Å². The lowest BCUT2D eigenvalue weighted by Gasteiger charge is -2.17. The number of hydrogen-bond acceptors (Lipinski definition) is 4. The number of amides is 1. The zero-order valence-electron chi connectivity index (χ0n) is 11.5. The van der Waals surface area contributed by atoms with Gasteiger partial charge in [0.25, 0.3) is 5.91 Å². The molecule has 0 fully saturated rings. The van der Waals surface area contributed by atoms with Gasteiger partial charge in [0.2, 0.25) is 0 Å². The van der Waals surface area contributed by atoms with Crippen LogP contribution in [0.1, 0.15) is 10.4 Å². The third-order valence-electron chi connectivity index (χ3n) is 2.99. The summed E-state index contributed by atoms with van der Waals surface area (Å²) in [5.41, 5.74) is 1.19. The van der Waals surface area contributed by atoms with E-state index in [0.29, 0.717) is 12.3 Å². The first-order valence-electron chi connectivity index (χ1n) is 6.25. The third kappa shape index (κ3) is 3.51. The molecule has 1 aromatic carbocycles. The first kappa shape index (κ1) is 14.4. The Kier molecular flexibility index (Phi) is 4.63. The van der Waals surface area contributed by atoms with Crippen LogP contribution in [0.15, 0.2) is 35.7 Å². The molecule has 0 aliphatic carbocycles. The van der Waals surface area contributed by atoms with E-state index < -0.39 is 0 Å². The molecule has 0 saturated heterocycles. The van der Waals surface area contributed by atoms with E-state index in [1.807, 2.05) is 18.4 Å². The van der Waals surface area contributed by atoms with Crippen LogP contribution in [0.3, 0.4) is 0 Å². The van der Waals surface area contributed by atoms with Crippen LogP contribution in [0.5, 0.6) is 11.5 Å². The highest BCUT2D eigenvalue weighted by Crippen LogP contribution is 2.24. The van der Waals surface area contributed by atoms with Crippen LogP contribution >= 0.6 is 11.3 Å². The number of carbonyl (C=O) groups is 1. The smallest absolute Gasteiger partial charge is 0.260 e. The van der Waals surface area contributed by atoms with Gasteiger partial charge in [-0.3, -0.25) is 4.79 Å². The van der Waals surface area contributed by atoms with Gasteiger partial charge in [0.05, 0.1) is 6.54 Å². The first-order chi connectivity index (χ1) is 9.58. The molecule has 1 amide bonds. The number of ether oxygens (including phenoxy) is 1. The molecule has 0 saturated carbocycles. The standard InChI is InChI=1S/C15H17NO3S/c1-11-7-8-20-14(11)9-16(2)15(18)10-19-13-6-4-3-5-12(13)17/h3-8,17H,9-10H2,1-2H3. The fourth-order valence-electron chi connectivity index (χ4n) is 1.70. The van der Waals surface area contributed by atoms with Crippen molar-refractivity contribution in [3.63, 3.8) is 0 Å². The average molecular weight is 291 g/mol. The normalized spacial score (nSPS) is 10.3. The molecule has 0 atom stereocenters. The molecule has 1 heterocycles. The van der Waals surface area contributed by atoms with Crippen molar-refractivity contribution in [2.75, 3.05) is 13.7 Å². The predicted octanol–water partition coefficient (Wildman–Crippen LogP) is 2.80. The van der Waals surface area contributed by atoms with Gasteiger partial charge in [0, 0.05) is 11.9 Å². The Morgan fingerprint density at radius 1 is 1.35 bits per heavy atom. The lowest BCUT2D eigenvalue weighted by Crippen LogP contribution is -2.30. The van der Waals surface area contributed by atoms with E-state index in [9.17, 15) is 9.90 Å². The van der Waals surface area contributed by atoms with Crippen LogP contribution in [0.2, 0.25) is 0 Å². The van der Waals surface area contributed by atoms with Crippen LogP contribution in [-0.2, 0) is 11.3 Å². The molecule has 1 aromatic heterocycles. The average Bonchev–Trinajstić information content (AvgIpc) is 2.83. The predicted molar refractivity (Wildman–Crippen MR) is 79.1 cm³/mol. The van der Waals surface area contributed by atoms with Crippen molar-refractivity contribution in [3.05, 3.63) is 46.2 Å². The van der Waals surface area contributed by atoms with E-state index in [1.54, 1.807) is 41.5 Å². The molecule has 0 aliphatic heterocycles. The summed E-state index contributed by atoms with van der Waals surface area (Å²) in [5.74, 6) is 0.236. The van der Waals surface area contributed by atoms with Crippen molar-refractivity contribution in [2.24, 2.45) is 0 Å². The zero-order chi connectivity index (χ0) is 14.5. The topological polar surface area (TPSA) is 49.8 Å². The molecule has 106 valence electrons. The van der Waals surface area contributed by atoms with Crippen molar-refractivity contribution >= 4 is 17.2 Å². The number of carbonyl (C=O) groups excluding carboxylic acids is 1. The van der Waals surface area contributed by atoms with Crippen molar-refractivity contribution < 1.29 is 14.6 Å². The Bertz CT molecular complexity index is 594. The number of likely N-dealkylation sites (N-methyl/N-ethyl adjacent to an activating group) is 1. The molecule has 0 radical (unpaired) electrons. The number of para-hydroxylation sites is 2. The SMILES string of the molecule is Cc1ccsc1CN(C)C(=O)COc1ccccc1O. The van der Waals surface area contributed by atoms with Crippen molar-refractivity contribution in [1.82, 2.24) is 4.90 Å². The summed E-state index contributed by atoms with van der Waals surface area (Å²) >= 11 is 1.64. The summed E-state index contributed by atoms with van der Waals surface area (Å²) in [7, 11) is 1.75. The largest absolute Gasteiger partial charge is 0.504 e. The lowest BCUT2D eigenvalue weighted by molar-refractivity contribution is -0.132. The summed E-state index contributed by atoms with van der Waals surface area (Å²) in [6, 6.07) is 8.65. The summed E-state index contributed by atoms with van der Waals surface area (Å²) in [6.45, 7) is 2.52. The van der Waals surface area contributed by atoms with Gasteiger partial charge in [-0.05, 0) is 36.1 Å². The molecule has 0 unspecified atom stereocenters. The minimum Gasteiger partial charge on any atom is -0.504 e. The lowest BCUT2D eigenvalue weighted by atomic mass is 10.3. The van der Waals surface area contributed by atoms with Gasteiger partial charge in [-0.15, -0.1) is 11.3 Å². The van der Waals surface area contributed by atoms with Crippen LogP contribution in [0.4, 0.5) is 0 Å². The molecule has 2 aromatic rings. The van der Waals surface area contributed by atoms with Crippen molar-refractivity contribution in [2.45, 2.75) is 13.5 Å². The Balaban J connectivity index is 1.89. The quantitative estimate of drug-likeness (QED) is 0.921. The highest BCUT2D eigenvalue weighted by molar-refractivity contribution is 7.10. The maximum absolute atomic E-state index is 12.0. The maximum Gasteiger partial charge on any atom is 0.260 e. The van der Waals surface area contributed by atoms with Gasteiger partial charge in [0.15, 0.2) is 18.1 Å². The van der Waals surface area contributed by atoms with Gasteiger partial charge in [-0.1, -0.05) is 12.1 Å². The minimum absolute atomic E-state index is 0.0389. The Hall–Kier alpha value is -2.01. The first-order valence-corrected chi connectivity index (χ1v) is 7.13. The molecule has 1 N–H and O–H groups in total. The molecule has 5 heteroatoms. The number of aryl methyl sites for hydroxylation is 1. The molecule has 2 rings (SSSR count). The molecule has 0 spiro atoms. The third-order valence-corrected chi connectivity index (χ3v) is 4.00. The molecular weight excluding hydrogens is 274 g/mol. The highest BCUT2D eigenvalue weighted by Gasteiger charge is 2.13. The second-order valence-corrected chi connectivity index (χ2v) is 5.53. The number of nitrogens with zero attached hydrogens (tertiary/aromatic N) is 1. The summed E-state index contributed by atoms with van der Waals surface area (Å²) in [5, 5.41) is 11.6. The number of benzene rings is 1. The molecule has 4 nitrogen and oxygen atoms in total. The second-order valence-electron chi connectivity index (χ2n) is 4.53. The number of thiophene rings is 1. The van der Waals surface area contributed by atoms with Crippen LogP contribution in [0.25, 0.3) is 0 Å². The Morgan fingerprint density at radius 2 is 2.10 bits per heavy atom. The fourth-order valence-corrected chi connectivity index (χ4v) is 2.66. The summed E-state index contributed by atoms with van der Waals surface area (Å²) in [6.07, 6.45) is 0. The number of phenolic OH excluding ortho intramolecular Hbond substituents is 1. The Labute approximate surface area is 122 Å². The van der Waals surface area contributed by atoms with Crippen LogP contribution < -0.4 is 4.74 Å². The molecular formula is C15H17NO3S. The van der Waals surface area contributed by atoms with E-state index in [2.05, 4.69) is 0 Å². The highest BCUT2D eigenvalue weighted by atomic mass is 32.1. The summed E-state index contributed by atoms with van der Waals surface area (Å²) in [4.78, 5) is 14.8.